The molecule has 0 N–H and O–H groups in total. The van der Waals surface area contributed by atoms with Gasteiger partial charge in [0.1, 0.15) is 5.75 Å². The molecular formula is C12H17NO3. The molecule has 0 saturated carbocycles. The number of methoxy groups -OCH3 is 1. The van der Waals surface area contributed by atoms with Crippen molar-refractivity contribution < 1.29 is 9.66 Å². The third-order valence-corrected chi connectivity index (χ3v) is 2.59. The van der Waals surface area contributed by atoms with Gasteiger partial charge in [0, 0.05) is 5.56 Å². The highest BCUT2D eigenvalue weighted by Gasteiger charge is 2.28. The molecule has 0 fully saturated rings. The maximum atomic E-state index is 11.1. The summed E-state index contributed by atoms with van der Waals surface area (Å²) in [6.07, 6.45) is 0. The summed E-state index contributed by atoms with van der Waals surface area (Å²) < 4.78 is 5.10. The summed E-state index contributed by atoms with van der Waals surface area (Å²) in [6, 6.07) is 3.55. The summed E-state index contributed by atoms with van der Waals surface area (Å²) in [7, 11) is 1.52. The predicted octanol–water partition coefficient (Wildman–Crippen LogP) is 3.21. The first-order chi connectivity index (χ1) is 7.29. The minimum Gasteiger partial charge on any atom is -0.496 e. The van der Waals surface area contributed by atoms with E-state index in [0.29, 0.717) is 11.3 Å². The van der Waals surface area contributed by atoms with Crippen LogP contribution in [0.25, 0.3) is 0 Å². The van der Waals surface area contributed by atoms with Crippen molar-refractivity contribution >= 4 is 5.69 Å². The zero-order valence-electron chi connectivity index (χ0n) is 10.3. The quantitative estimate of drug-likeness (QED) is 0.571. The lowest BCUT2D eigenvalue weighted by Crippen LogP contribution is -2.14. The SMILES string of the molecule is COc1ccc(C(C)(C)C)c([N+](=O)[O-])c1C. The molecule has 0 aliphatic rings. The van der Waals surface area contributed by atoms with Crippen LogP contribution in [-0.4, -0.2) is 12.0 Å². The lowest BCUT2D eigenvalue weighted by Gasteiger charge is -2.20. The number of nitrogens with zero attached hydrogens (tertiary/aromatic N) is 1. The number of hydrogen-bond donors (Lipinski definition) is 0. The zero-order chi connectivity index (χ0) is 12.5. The van der Waals surface area contributed by atoms with Gasteiger partial charge in [-0.2, -0.15) is 0 Å². The molecule has 0 aliphatic carbocycles. The van der Waals surface area contributed by atoms with E-state index in [2.05, 4.69) is 0 Å². The minimum atomic E-state index is -0.335. The Hall–Kier alpha value is -1.58. The molecule has 88 valence electrons. The Morgan fingerprint density at radius 1 is 1.31 bits per heavy atom. The number of ether oxygens (including phenoxy) is 1. The number of benzene rings is 1. The summed E-state index contributed by atoms with van der Waals surface area (Å²) in [5, 5.41) is 11.1. The van der Waals surface area contributed by atoms with E-state index in [1.54, 1.807) is 19.1 Å². The van der Waals surface area contributed by atoms with E-state index in [9.17, 15) is 10.1 Å². The molecule has 0 radical (unpaired) electrons. The fraction of sp³-hybridized carbons (Fsp3) is 0.500. The van der Waals surface area contributed by atoms with Crippen LogP contribution in [0.15, 0.2) is 12.1 Å². The van der Waals surface area contributed by atoms with Gasteiger partial charge in [-0.05, 0) is 24.5 Å². The number of nitro groups is 1. The summed E-state index contributed by atoms with van der Waals surface area (Å²) >= 11 is 0. The van der Waals surface area contributed by atoms with Gasteiger partial charge in [-0.25, -0.2) is 0 Å². The van der Waals surface area contributed by atoms with E-state index in [4.69, 9.17) is 4.74 Å². The lowest BCUT2D eigenvalue weighted by molar-refractivity contribution is -0.386. The van der Waals surface area contributed by atoms with Crippen LogP contribution >= 0.6 is 0 Å². The average molecular weight is 223 g/mol. The maximum Gasteiger partial charge on any atom is 0.279 e. The second kappa shape index (κ2) is 4.12. The maximum absolute atomic E-state index is 11.1. The number of rotatable bonds is 2. The van der Waals surface area contributed by atoms with Crippen molar-refractivity contribution in [2.45, 2.75) is 33.1 Å². The molecule has 0 saturated heterocycles. The molecule has 1 aromatic rings. The molecule has 0 unspecified atom stereocenters. The molecule has 1 rings (SSSR count). The van der Waals surface area contributed by atoms with Crippen LogP contribution in [0.1, 0.15) is 31.9 Å². The summed E-state index contributed by atoms with van der Waals surface area (Å²) in [5.74, 6) is 0.555. The Labute approximate surface area is 95.4 Å². The van der Waals surface area contributed by atoms with Crippen molar-refractivity contribution in [3.05, 3.63) is 33.4 Å². The van der Waals surface area contributed by atoms with Gasteiger partial charge in [0.05, 0.1) is 17.6 Å². The van der Waals surface area contributed by atoms with Gasteiger partial charge in [-0.15, -0.1) is 0 Å². The van der Waals surface area contributed by atoms with Gasteiger partial charge in [0.2, 0.25) is 0 Å². The monoisotopic (exact) mass is 223 g/mol. The second-order valence-corrected chi connectivity index (χ2v) is 4.80. The van der Waals surface area contributed by atoms with E-state index in [1.165, 1.54) is 7.11 Å². The second-order valence-electron chi connectivity index (χ2n) is 4.80. The Morgan fingerprint density at radius 3 is 2.25 bits per heavy atom. The van der Waals surface area contributed by atoms with Gasteiger partial charge < -0.3 is 4.74 Å². The molecule has 1 aromatic carbocycles. The smallest absolute Gasteiger partial charge is 0.279 e. The standard InChI is InChI=1S/C12H17NO3/c1-8-10(16-5)7-6-9(12(2,3)4)11(8)13(14)15/h6-7H,1-5H3. The molecule has 16 heavy (non-hydrogen) atoms. The van der Waals surface area contributed by atoms with Gasteiger partial charge in [-0.1, -0.05) is 20.8 Å². The zero-order valence-corrected chi connectivity index (χ0v) is 10.3. The van der Waals surface area contributed by atoms with E-state index in [1.807, 2.05) is 20.8 Å². The van der Waals surface area contributed by atoms with Crippen LogP contribution in [0.3, 0.4) is 0 Å². The Balaban J connectivity index is 3.53. The molecule has 4 heteroatoms. The highest BCUT2D eigenvalue weighted by atomic mass is 16.6. The molecule has 0 bridgehead atoms. The third-order valence-electron chi connectivity index (χ3n) is 2.59. The van der Waals surface area contributed by atoms with Crippen LogP contribution in [0.5, 0.6) is 5.75 Å². The van der Waals surface area contributed by atoms with Crippen LogP contribution in [0.2, 0.25) is 0 Å². The fourth-order valence-corrected chi connectivity index (χ4v) is 1.74. The molecule has 0 aromatic heterocycles. The summed E-state index contributed by atoms with van der Waals surface area (Å²) in [4.78, 5) is 10.8. The van der Waals surface area contributed by atoms with Gasteiger partial charge in [0.25, 0.3) is 5.69 Å². The highest BCUT2D eigenvalue weighted by molar-refractivity contribution is 5.56. The number of nitro benzene ring substituents is 1. The van der Waals surface area contributed by atoms with E-state index < -0.39 is 0 Å². The summed E-state index contributed by atoms with van der Waals surface area (Å²) in [6.45, 7) is 7.59. The van der Waals surface area contributed by atoms with Gasteiger partial charge in [-0.3, -0.25) is 10.1 Å². The Bertz CT molecular complexity index is 419. The van der Waals surface area contributed by atoms with Gasteiger partial charge in [0.15, 0.2) is 0 Å². The first-order valence-corrected chi connectivity index (χ1v) is 5.11. The molecule has 0 spiro atoms. The largest absolute Gasteiger partial charge is 0.496 e. The van der Waals surface area contributed by atoms with Crippen molar-refractivity contribution in [3.8, 4) is 5.75 Å². The normalized spacial score (nSPS) is 11.3. The van der Waals surface area contributed by atoms with Crippen molar-refractivity contribution in [3.63, 3.8) is 0 Å². The van der Waals surface area contributed by atoms with Crippen LogP contribution in [0, 0.1) is 17.0 Å². The van der Waals surface area contributed by atoms with E-state index in [-0.39, 0.29) is 16.0 Å². The highest BCUT2D eigenvalue weighted by Crippen LogP contribution is 2.37. The van der Waals surface area contributed by atoms with E-state index in [0.717, 1.165) is 5.56 Å². The average Bonchev–Trinajstić information content (AvgIpc) is 2.15. The molecular weight excluding hydrogens is 206 g/mol. The van der Waals surface area contributed by atoms with Crippen LogP contribution in [0.4, 0.5) is 5.69 Å². The van der Waals surface area contributed by atoms with Crippen molar-refractivity contribution in [2.75, 3.05) is 7.11 Å². The van der Waals surface area contributed by atoms with Gasteiger partial charge >= 0.3 is 0 Å². The van der Waals surface area contributed by atoms with E-state index >= 15 is 0 Å². The summed E-state index contributed by atoms with van der Waals surface area (Å²) in [5.41, 5.74) is 1.22. The first kappa shape index (κ1) is 12.5. The Morgan fingerprint density at radius 2 is 1.88 bits per heavy atom. The first-order valence-electron chi connectivity index (χ1n) is 5.11. The van der Waals surface area contributed by atoms with Crippen molar-refractivity contribution in [1.29, 1.82) is 0 Å². The van der Waals surface area contributed by atoms with Crippen LogP contribution < -0.4 is 4.74 Å². The third kappa shape index (κ3) is 2.15. The minimum absolute atomic E-state index is 0.159. The molecule has 0 amide bonds. The predicted molar refractivity (Wildman–Crippen MR) is 63.1 cm³/mol. The Kier molecular flexibility index (Phi) is 3.21. The lowest BCUT2D eigenvalue weighted by atomic mass is 9.84. The topological polar surface area (TPSA) is 52.4 Å². The van der Waals surface area contributed by atoms with Crippen LogP contribution in [-0.2, 0) is 5.41 Å². The molecule has 4 nitrogen and oxygen atoms in total. The fourth-order valence-electron chi connectivity index (χ4n) is 1.74. The number of hydrogen-bond acceptors (Lipinski definition) is 3. The van der Waals surface area contributed by atoms with Crippen molar-refractivity contribution in [2.24, 2.45) is 0 Å². The molecule has 0 aliphatic heterocycles. The molecule has 0 atom stereocenters. The van der Waals surface area contributed by atoms with Crippen molar-refractivity contribution in [1.82, 2.24) is 0 Å². The molecule has 0 heterocycles.